The van der Waals surface area contributed by atoms with Gasteiger partial charge in [0.2, 0.25) is 0 Å². The molecule has 0 saturated carbocycles. The summed E-state index contributed by atoms with van der Waals surface area (Å²) in [6.07, 6.45) is -1.51. The predicted molar refractivity (Wildman–Crippen MR) is 73.3 cm³/mol. The van der Waals surface area contributed by atoms with Gasteiger partial charge in [0.25, 0.3) is 0 Å². The Morgan fingerprint density at radius 3 is 1.95 bits per heavy atom. The number of aliphatic hydroxyl groups excluding tert-OH is 1. The van der Waals surface area contributed by atoms with E-state index in [0.717, 1.165) is 4.47 Å². The number of carboxylic acid groups (broad SMARTS) is 1. The molecule has 2 N–H and O–H groups in total. The van der Waals surface area contributed by atoms with Crippen molar-refractivity contribution in [3.05, 3.63) is 58.6 Å². The Balaban J connectivity index is 2.10. The Hall–Kier alpha value is -1.85. The molecule has 1 unspecified atom stereocenters. The van der Waals surface area contributed by atoms with Gasteiger partial charge in [0, 0.05) is 4.47 Å². The summed E-state index contributed by atoms with van der Waals surface area (Å²) in [5, 5.41) is 18.0. The number of carboxylic acids is 1. The molecular weight excluding hydrogens is 312 g/mol. The van der Waals surface area contributed by atoms with Gasteiger partial charge < -0.3 is 14.9 Å². The van der Waals surface area contributed by atoms with Gasteiger partial charge in [-0.25, -0.2) is 4.79 Å². The van der Waals surface area contributed by atoms with Crippen LogP contribution in [0.3, 0.4) is 0 Å². The van der Waals surface area contributed by atoms with E-state index in [0.29, 0.717) is 17.1 Å². The van der Waals surface area contributed by atoms with Gasteiger partial charge in [0.05, 0.1) is 0 Å². The van der Waals surface area contributed by atoms with Crippen molar-refractivity contribution in [2.24, 2.45) is 0 Å². The summed E-state index contributed by atoms with van der Waals surface area (Å²) in [6.45, 7) is 0. The molecule has 1 atom stereocenters. The van der Waals surface area contributed by atoms with Crippen LogP contribution in [0.15, 0.2) is 53.0 Å². The van der Waals surface area contributed by atoms with Crippen molar-refractivity contribution in [3.63, 3.8) is 0 Å². The van der Waals surface area contributed by atoms with Gasteiger partial charge in [-0.3, -0.25) is 0 Å². The molecule has 0 amide bonds. The number of rotatable bonds is 4. The summed E-state index contributed by atoms with van der Waals surface area (Å²) in [5.41, 5.74) is 0.315. The third kappa shape index (κ3) is 3.56. The van der Waals surface area contributed by atoms with E-state index < -0.39 is 12.1 Å². The molecule has 0 fully saturated rings. The first-order chi connectivity index (χ1) is 9.06. The van der Waals surface area contributed by atoms with Crippen molar-refractivity contribution in [1.82, 2.24) is 0 Å². The first-order valence-corrected chi connectivity index (χ1v) is 6.30. The minimum Gasteiger partial charge on any atom is -0.479 e. The van der Waals surface area contributed by atoms with Crippen LogP contribution in [0.1, 0.15) is 11.7 Å². The molecule has 0 spiro atoms. The van der Waals surface area contributed by atoms with Gasteiger partial charge in [-0.2, -0.15) is 0 Å². The predicted octanol–water partition coefficient (Wildman–Crippen LogP) is 3.36. The number of aliphatic hydroxyl groups is 1. The number of carbonyl (C=O) groups is 1. The average molecular weight is 323 g/mol. The minimum atomic E-state index is -1.51. The molecule has 5 heteroatoms. The Bertz CT molecular complexity index is 563. The van der Waals surface area contributed by atoms with Crippen molar-refractivity contribution in [2.75, 3.05) is 0 Å². The molecule has 0 saturated heterocycles. The molecule has 19 heavy (non-hydrogen) atoms. The van der Waals surface area contributed by atoms with E-state index >= 15 is 0 Å². The topological polar surface area (TPSA) is 66.8 Å². The lowest BCUT2D eigenvalue weighted by atomic mass is 10.1. The van der Waals surface area contributed by atoms with Crippen molar-refractivity contribution in [3.8, 4) is 11.5 Å². The highest BCUT2D eigenvalue weighted by Gasteiger charge is 2.15. The second-order valence-electron chi connectivity index (χ2n) is 3.87. The van der Waals surface area contributed by atoms with E-state index in [2.05, 4.69) is 15.9 Å². The van der Waals surface area contributed by atoms with E-state index in [9.17, 15) is 9.90 Å². The molecule has 98 valence electrons. The molecule has 0 aliphatic heterocycles. The van der Waals surface area contributed by atoms with E-state index in [4.69, 9.17) is 9.84 Å². The standard InChI is InChI=1S/C14H11BrO4/c15-10-3-7-12(8-4-10)19-11-5-1-9(2-6-11)13(16)14(17)18/h1-8,13,16H,(H,17,18). The third-order valence-electron chi connectivity index (χ3n) is 2.48. The molecule has 2 aromatic rings. The van der Waals surface area contributed by atoms with Gasteiger partial charge in [-0.1, -0.05) is 28.1 Å². The first kappa shape index (κ1) is 13.6. The summed E-state index contributed by atoms with van der Waals surface area (Å²) in [4.78, 5) is 10.6. The summed E-state index contributed by atoms with van der Waals surface area (Å²) >= 11 is 3.33. The second-order valence-corrected chi connectivity index (χ2v) is 4.78. The number of hydrogen-bond donors (Lipinski definition) is 2. The number of hydrogen-bond acceptors (Lipinski definition) is 3. The number of benzene rings is 2. The average Bonchev–Trinajstić information content (AvgIpc) is 2.41. The van der Waals surface area contributed by atoms with Gasteiger partial charge in [-0.15, -0.1) is 0 Å². The largest absolute Gasteiger partial charge is 0.479 e. The second kappa shape index (κ2) is 5.86. The van der Waals surface area contributed by atoms with Crippen LogP contribution in [0.25, 0.3) is 0 Å². The lowest BCUT2D eigenvalue weighted by Gasteiger charge is -2.08. The fourth-order valence-electron chi connectivity index (χ4n) is 1.50. The molecule has 0 aliphatic carbocycles. The Labute approximate surface area is 118 Å². The van der Waals surface area contributed by atoms with E-state index in [-0.39, 0.29) is 0 Å². The van der Waals surface area contributed by atoms with Crippen molar-refractivity contribution >= 4 is 21.9 Å². The molecule has 0 aromatic heterocycles. The lowest BCUT2D eigenvalue weighted by molar-refractivity contribution is -0.146. The monoisotopic (exact) mass is 322 g/mol. The fraction of sp³-hybridized carbons (Fsp3) is 0.0714. The van der Waals surface area contributed by atoms with E-state index in [1.54, 1.807) is 12.1 Å². The fourth-order valence-corrected chi connectivity index (χ4v) is 1.76. The zero-order chi connectivity index (χ0) is 13.8. The highest BCUT2D eigenvalue weighted by molar-refractivity contribution is 9.10. The Kier molecular flexibility index (Phi) is 4.19. The normalized spacial score (nSPS) is 11.9. The van der Waals surface area contributed by atoms with Gasteiger partial charge in [0.15, 0.2) is 6.10 Å². The van der Waals surface area contributed by atoms with Gasteiger partial charge >= 0.3 is 5.97 Å². The SMILES string of the molecule is O=C(O)C(O)c1ccc(Oc2ccc(Br)cc2)cc1. The van der Waals surface area contributed by atoms with Crippen molar-refractivity contribution in [1.29, 1.82) is 0 Å². The van der Waals surface area contributed by atoms with Crippen molar-refractivity contribution < 1.29 is 19.7 Å². The van der Waals surface area contributed by atoms with Crippen LogP contribution < -0.4 is 4.74 Å². The quantitative estimate of drug-likeness (QED) is 0.905. The molecule has 0 aliphatic rings. The molecule has 0 radical (unpaired) electrons. The molecule has 0 bridgehead atoms. The molecule has 2 aromatic carbocycles. The van der Waals surface area contributed by atoms with E-state index in [1.165, 1.54) is 12.1 Å². The molecule has 4 nitrogen and oxygen atoms in total. The number of aliphatic carboxylic acids is 1. The van der Waals surface area contributed by atoms with Crippen LogP contribution >= 0.6 is 15.9 Å². The van der Waals surface area contributed by atoms with Crippen molar-refractivity contribution in [2.45, 2.75) is 6.10 Å². The molecule has 2 rings (SSSR count). The number of ether oxygens (including phenoxy) is 1. The molecular formula is C14H11BrO4. The summed E-state index contributed by atoms with van der Waals surface area (Å²) in [5.74, 6) is -0.0278. The van der Waals surface area contributed by atoms with Crippen LogP contribution in [0.2, 0.25) is 0 Å². The Morgan fingerprint density at radius 1 is 1.00 bits per heavy atom. The van der Waals surface area contributed by atoms with Crippen LogP contribution in [0.4, 0.5) is 0 Å². The lowest BCUT2D eigenvalue weighted by Crippen LogP contribution is -2.09. The maximum Gasteiger partial charge on any atom is 0.337 e. The van der Waals surface area contributed by atoms with Gasteiger partial charge in [-0.05, 0) is 42.0 Å². The summed E-state index contributed by atoms with van der Waals surface area (Å²) < 4.78 is 6.54. The van der Waals surface area contributed by atoms with Gasteiger partial charge in [0.1, 0.15) is 11.5 Å². The number of halogens is 1. The summed E-state index contributed by atoms with van der Waals surface area (Å²) in [7, 11) is 0. The zero-order valence-electron chi connectivity index (χ0n) is 9.79. The van der Waals surface area contributed by atoms with Crippen LogP contribution in [0.5, 0.6) is 11.5 Å². The summed E-state index contributed by atoms with van der Waals surface area (Å²) in [6, 6.07) is 13.6. The zero-order valence-corrected chi connectivity index (χ0v) is 11.4. The smallest absolute Gasteiger partial charge is 0.337 e. The van der Waals surface area contributed by atoms with E-state index in [1.807, 2.05) is 24.3 Å². The third-order valence-corrected chi connectivity index (χ3v) is 3.01. The Morgan fingerprint density at radius 2 is 1.47 bits per heavy atom. The van der Waals surface area contributed by atoms with Crippen LogP contribution in [-0.2, 0) is 4.79 Å². The maximum atomic E-state index is 10.6. The van der Waals surface area contributed by atoms with Crippen LogP contribution in [0, 0.1) is 0 Å². The highest BCUT2D eigenvalue weighted by atomic mass is 79.9. The highest BCUT2D eigenvalue weighted by Crippen LogP contribution is 2.24. The minimum absolute atomic E-state index is 0.315. The first-order valence-electron chi connectivity index (χ1n) is 5.50. The molecule has 0 heterocycles. The maximum absolute atomic E-state index is 10.6. The van der Waals surface area contributed by atoms with Crippen LogP contribution in [-0.4, -0.2) is 16.2 Å².